The molecule has 0 spiro atoms. The number of hydroxylamine groups is 2. The van der Waals surface area contributed by atoms with Gasteiger partial charge in [-0.05, 0) is 41.6 Å². The summed E-state index contributed by atoms with van der Waals surface area (Å²) >= 11 is 19.6. The van der Waals surface area contributed by atoms with Gasteiger partial charge in [0.05, 0.1) is 26.8 Å². The van der Waals surface area contributed by atoms with Crippen LogP contribution in [0.1, 0.15) is 11.3 Å². The molecule has 120 valence electrons. The van der Waals surface area contributed by atoms with Gasteiger partial charge in [-0.15, -0.1) is 0 Å². The van der Waals surface area contributed by atoms with Gasteiger partial charge in [-0.2, -0.15) is 5.06 Å². The van der Waals surface area contributed by atoms with Crippen molar-refractivity contribution in [3.05, 3.63) is 69.5 Å². The SMILES string of the molecule is Clc1nccc(C2=C(c3ccc(Cl)c(Cl)c3)N3OC=CN=C3S2)n1. The molecule has 24 heavy (non-hydrogen) atoms. The highest BCUT2D eigenvalue weighted by Crippen LogP contribution is 2.46. The lowest BCUT2D eigenvalue weighted by Crippen LogP contribution is -2.23. The van der Waals surface area contributed by atoms with Crippen molar-refractivity contribution in [3.63, 3.8) is 0 Å². The standard InChI is InChI=1S/C15H7Cl3N4OS/c16-9-2-1-8(7-10(9)17)12-13(11-3-4-19-14(18)21-11)24-15-20-5-6-23-22(12)15/h1-7H. The summed E-state index contributed by atoms with van der Waals surface area (Å²) in [6.45, 7) is 0. The zero-order chi connectivity index (χ0) is 16.7. The van der Waals surface area contributed by atoms with Crippen molar-refractivity contribution in [1.29, 1.82) is 0 Å². The van der Waals surface area contributed by atoms with Gasteiger partial charge in [-0.3, -0.25) is 0 Å². The number of aliphatic imine (C=N–C) groups is 1. The van der Waals surface area contributed by atoms with Crippen LogP contribution in [-0.4, -0.2) is 20.2 Å². The molecular formula is C15H7Cl3N4OS. The Hall–Kier alpha value is -1.73. The Balaban J connectivity index is 1.91. The maximum Gasteiger partial charge on any atom is 0.222 e. The Morgan fingerprint density at radius 2 is 1.96 bits per heavy atom. The van der Waals surface area contributed by atoms with Gasteiger partial charge in [0.2, 0.25) is 10.5 Å². The molecule has 3 heterocycles. The molecule has 5 nitrogen and oxygen atoms in total. The zero-order valence-corrected chi connectivity index (χ0v) is 14.9. The quantitative estimate of drug-likeness (QED) is 0.661. The van der Waals surface area contributed by atoms with Crippen molar-refractivity contribution in [3.8, 4) is 0 Å². The van der Waals surface area contributed by atoms with Crippen LogP contribution in [0.25, 0.3) is 10.6 Å². The fourth-order valence-electron chi connectivity index (χ4n) is 2.25. The third kappa shape index (κ3) is 2.75. The molecule has 0 amide bonds. The first-order chi connectivity index (χ1) is 11.6. The summed E-state index contributed by atoms with van der Waals surface area (Å²) in [4.78, 5) is 19.0. The molecule has 2 aromatic rings. The van der Waals surface area contributed by atoms with Gasteiger partial charge >= 0.3 is 0 Å². The van der Waals surface area contributed by atoms with E-state index in [-0.39, 0.29) is 5.28 Å². The number of hydrogen-bond acceptors (Lipinski definition) is 6. The normalized spacial score (nSPS) is 16.1. The molecule has 1 aromatic carbocycles. The molecule has 4 rings (SSSR count). The minimum atomic E-state index is 0.167. The molecule has 0 atom stereocenters. The van der Waals surface area contributed by atoms with Gasteiger partial charge in [0.25, 0.3) is 0 Å². The van der Waals surface area contributed by atoms with E-state index in [1.54, 1.807) is 35.7 Å². The van der Waals surface area contributed by atoms with Crippen molar-refractivity contribution < 1.29 is 4.84 Å². The molecule has 0 aliphatic carbocycles. The van der Waals surface area contributed by atoms with Crippen LogP contribution in [0.15, 0.2) is 47.9 Å². The van der Waals surface area contributed by atoms with Gasteiger partial charge in [0, 0.05) is 11.8 Å². The van der Waals surface area contributed by atoms with E-state index in [1.807, 2.05) is 6.07 Å². The molecule has 0 saturated carbocycles. The number of thioether (sulfide) groups is 1. The number of aromatic nitrogens is 2. The molecule has 0 saturated heterocycles. The van der Waals surface area contributed by atoms with Gasteiger partial charge in [-0.25, -0.2) is 15.0 Å². The van der Waals surface area contributed by atoms with E-state index >= 15 is 0 Å². The lowest BCUT2D eigenvalue weighted by molar-refractivity contribution is 0.0286. The summed E-state index contributed by atoms with van der Waals surface area (Å²) in [5, 5.41) is 3.38. The molecule has 0 radical (unpaired) electrons. The van der Waals surface area contributed by atoms with Gasteiger partial charge < -0.3 is 4.84 Å². The number of nitrogens with zero attached hydrogens (tertiary/aromatic N) is 4. The molecular weight excluding hydrogens is 391 g/mol. The number of halogens is 3. The van der Waals surface area contributed by atoms with E-state index in [4.69, 9.17) is 39.6 Å². The monoisotopic (exact) mass is 396 g/mol. The van der Waals surface area contributed by atoms with Crippen LogP contribution in [0.2, 0.25) is 15.3 Å². The summed E-state index contributed by atoms with van der Waals surface area (Å²) in [7, 11) is 0. The average Bonchev–Trinajstić information content (AvgIpc) is 2.97. The maximum atomic E-state index is 6.17. The Labute approximate surface area is 156 Å². The summed E-state index contributed by atoms with van der Waals surface area (Å²) in [5.41, 5.74) is 2.25. The summed E-state index contributed by atoms with van der Waals surface area (Å²) in [6, 6.07) is 7.14. The second-order valence-corrected chi connectivity index (χ2v) is 6.85. The number of hydrogen-bond donors (Lipinski definition) is 0. The predicted molar refractivity (Wildman–Crippen MR) is 97.4 cm³/mol. The third-order valence-corrected chi connectivity index (χ3v) is 5.23. The van der Waals surface area contributed by atoms with Crippen molar-refractivity contribution in [2.75, 3.05) is 0 Å². The zero-order valence-electron chi connectivity index (χ0n) is 11.8. The molecule has 2 aliphatic heterocycles. The van der Waals surface area contributed by atoms with Crippen LogP contribution < -0.4 is 0 Å². The van der Waals surface area contributed by atoms with Crippen LogP contribution >= 0.6 is 46.6 Å². The van der Waals surface area contributed by atoms with Crippen LogP contribution in [0, 0.1) is 0 Å². The molecule has 0 N–H and O–H groups in total. The Bertz CT molecular complexity index is 929. The van der Waals surface area contributed by atoms with E-state index in [0.717, 1.165) is 16.2 Å². The lowest BCUT2D eigenvalue weighted by atomic mass is 10.1. The highest BCUT2D eigenvalue weighted by Gasteiger charge is 2.35. The first kappa shape index (κ1) is 15.8. The topological polar surface area (TPSA) is 50.6 Å². The highest BCUT2D eigenvalue weighted by atomic mass is 35.5. The van der Waals surface area contributed by atoms with Crippen molar-refractivity contribution in [2.45, 2.75) is 0 Å². The third-order valence-electron chi connectivity index (χ3n) is 3.25. The Kier molecular flexibility index (Phi) is 4.14. The molecule has 1 aromatic heterocycles. The molecule has 2 aliphatic rings. The number of fused-ring (bicyclic) bond motifs is 1. The fourth-order valence-corrected chi connectivity index (χ4v) is 3.73. The van der Waals surface area contributed by atoms with Crippen LogP contribution in [0.4, 0.5) is 0 Å². The number of benzene rings is 1. The summed E-state index contributed by atoms with van der Waals surface area (Å²) in [5.74, 6) is 0. The van der Waals surface area contributed by atoms with E-state index in [0.29, 0.717) is 20.9 Å². The fraction of sp³-hybridized carbons (Fsp3) is 0. The Morgan fingerprint density at radius 3 is 2.75 bits per heavy atom. The second kappa shape index (κ2) is 6.29. The smallest absolute Gasteiger partial charge is 0.222 e. The van der Waals surface area contributed by atoms with Crippen molar-refractivity contribution >= 4 is 62.3 Å². The van der Waals surface area contributed by atoms with Crippen LogP contribution in [-0.2, 0) is 4.84 Å². The van der Waals surface area contributed by atoms with E-state index in [9.17, 15) is 0 Å². The summed E-state index contributed by atoms with van der Waals surface area (Å²) < 4.78 is 0. The highest BCUT2D eigenvalue weighted by molar-refractivity contribution is 8.22. The molecule has 0 bridgehead atoms. The minimum Gasteiger partial charge on any atom is -0.379 e. The van der Waals surface area contributed by atoms with Gasteiger partial charge in [0.15, 0.2) is 0 Å². The predicted octanol–water partition coefficient (Wildman–Crippen LogP) is 5.08. The molecule has 0 fully saturated rings. The van der Waals surface area contributed by atoms with Crippen LogP contribution in [0.5, 0.6) is 0 Å². The molecule has 9 heteroatoms. The lowest BCUT2D eigenvalue weighted by Gasteiger charge is -2.21. The average molecular weight is 398 g/mol. The number of rotatable bonds is 2. The van der Waals surface area contributed by atoms with Crippen molar-refractivity contribution in [1.82, 2.24) is 15.0 Å². The number of amidine groups is 1. The van der Waals surface area contributed by atoms with E-state index < -0.39 is 0 Å². The van der Waals surface area contributed by atoms with Crippen LogP contribution in [0.3, 0.4) is 0 Å². The van der Waals surface area contributed by atoms with E-state index in [1.165, 1.54) is 18.0 Å². The van der Waals surface area contributed by atoms with E-state index in [2.05, 4.69) is 15.0 Å². The minimum absolute atomic E-state index is 0.167. The second-order valence-electron chi connectivity index (χ2n) is 4.72. The maximum absolute atomic E-state index is 6.17. The largest absolute Gasteiger partial charge is 0.379 e. The van der Waals surface area contributed by atoms with Gasteiger partial charge in [0.1, 0.15) is 12.0 Å². The Morgan fingerprint density at radius 1 is 1.08 bits per heavy atom. The first-order valence-electron chi connectivity index (χ1n) is 6.69. The van der Waals surface area contributed by atoms with Gasteiger partial charge in [-0.1, -0.05) is 29.3 Å². The summed E-state index contributed by atoms with van der Waals surface area (Å²) in [6.07, 6.45) is 4.68. The van der Waals surface area contributed by atoms with Crippen molar-refractivity contribution in [2.24, 2.45) is 4.99 Å². The molecule has 0 unspecified atom stereocenters. The first-order valence-corrected chi connectivity index (χ1v) is 8.65.